The van der Waals surface area contributed by atoms with Crippen LogP contribution in [0.5, 0.6) is 0 Å². The number of hydrogen-bond donors (Lipinski definition) is 0. The molecule has 25 heavy (non-hydrogen) atoms. The fourth-order valence-corrected chi connectivity index (χ4v) is 4.31. The van der Waals surface area contributed by atoms with Gasteiger partial charge in [-0.25, -0.2) is 22.2 Å². The zero-order valence-electron chi connectivity index (χ0n) is 14.7. The van der Waals surface area contributed by atoms with Crippen LogP contribution in [0.15, 0.2) is 18.5 Å². The standard InChI is InChI=1S/C16H23N5O3S/c1-4-25(23,24)19(3)13-6-9-20(10-7-13)16(22)14-11-17-15-5-8-18-21(15)12(14)2/h5,8,11,13H,4,6-7,9-10H2,1-3H3. The number of carbonyl (C=O) groups excluding carboxylic acids is 1. The molecule has 8 nitrogen and oxygen atoms in total. The van der Waals surface area contributed by atoms with Gasteiger partial charge in [0.1, 0.15) is 0 Å². The van der Waals surface area contributed by atoms with Gasteiger partial charge < -0.3 is 4.90 Å². The molecule has 0 spiro atoms. The lowest BCUT2D eigenvalue weighted by molar-refractivity contribution is 0.0684. The van der Waals surface area contributed by atoms with Crippen molar-refractivity contribution in [1.29, 1.82) is 0 Å². The first-order valence-corrected chi connectivity index (χ1v) is 10.0. The van der Waals surface area contributed by atoms with E-state index < -0.39 is 10.0 Å². The molecule has 0 atom stereocenters. The second-order valence-electron chi connectivity index (χ2n) is 6.30. The molecule has 1 saturated heterocycles. The molecule has 3 rings (SSSR count). The third-order valence-corrected chi connectivity index (χ3v) is 6.86. The van der Waals surface area contributed by atoms with Crippen LogP contribution in [0.25, 0.3) is 5.65 Å². The van der Waals surface area contributed by atoms with Gasteiger partial charge in [-0.1, -0.05) is 0 Å². The maximum absolute atomic E-state index is 12.8. The molecule has 0 bridgehead atoms. The van der Waals surface area contributed by atoms with Crippen LogP contribution in [-0.2, 0) is 10.0 Å². The lowest BCUT2D eigenvalue weighted by atomic mass is 10.0. The Morgan fingerprint density at radius 2 is 2.04 bits per heavy atom. The summed E-state index contributed by atoms with van der Waals surface area (Å²) in [7, 11) is -1.58. The second-order valence-corrected chi connectivity index (χ2v) is 8.62. The highest BCUT2D eigenvalue weighted by atomic mass is 32.2. The number of nitrogens with zero attached hydrogens (tertiary/aromatic N) is 5. The minimum Gasteiger partial charge on any atom is -0.338 e. The average molecular weight is 365 g/mol. The molecule has 0 N–H and O–H groups in total. The molecule has 0 aromatic carbocycles. The number of aryl methyl sites for hydroxylation is 1. The van der Waals surface area contributed by atoms with Crippen LogP contribution in [-0.4, -0.2) is 70.1 Å². The number of carbonyl (C=O) groups is 1. The van der Waals surface area contributed by atoms with Crippen molar-refractivity contribution in [1.82, 2.24) is 23.8 Å². The molecule has 0 aliphatic carbocycles. The van der Waals surface area contributed by atoms with Gasteiger partial charge in [0.2, 0.25) is 10.0 Å². The molecule has 0 radical (unpaired) electrons. The van der Waals surface area contributed by atoms with Gasteiger partial charge in [-0.15, -0.1) is 0 Å². The molecule has 1 fully saturated rings. The van der Waals surface area contributed by atoms with E-state index in [4.69, 9.17) is 0 Å². The molecule has 0 saturated carbocycles. The van der Waals surface area contributed by atoms with E-state index in [9.17, 15) is 13.2 Å². The van der Waals surface area contributed by atoms with Gasteiger partial charge >= 0.3 is 0 Å². The van der Waals surface area contributed by atoms with Crippen LogP contribution >= 0.6 is 0 Å². The first-order valence-electron chi connectivity index (χ1n) is 8.39. The summed E-state index contributed by atoms with van der Waals surface area (Å²) < 4.78 is 27.1. The number of amides is 1. The highest BCUT2D eigenvalue weighted by Gasteiger charge is 2.31. The number of piperidine rings is 1. The van der Waals surface area contributed by atoms with Crippen molar-refractivity contribution in [3.63, 3.8) is 0 Å². The molecular formula is C16H23N5O3S. The maximum Gasteiger partial charge on any atom is 0.257 e. The predicted molar refractivity (Wildman–Crippen MR) is 93.9 cm³/mol. The summed E-state index contributed by atoms with van der Waals surface area (Å²) >= 11 is 0. The second kappa shape index (κ2) is 6.72. The van der Waals surface area contributed by atoms with E-state index in [2.05, 4.69) is 10.1 Å². The molecule has 3 heterocycles. The van der Waals surface area contributed by atoms with Gasteiger partial charge in [-0.05, 0) is 26.7 Å². The first kappa shape index (κ1) is 17.8. The minimum absolute atomic E-state index is 0.0539. The van der Waals surface area contributed by atoms with E-state index in [0.29, 0.717) is 37.1 Å². The molecule has 136 valence electrons. The van der Waals surface area contributed by atoms with Gasteiger partial charge in [0.05, 0.1) is 23.2 Å². The molecule has 1 aliphatic heterocycles. The van der Waals surface area contributed by atoms with Crippen molar-refractivity contribution >= 4 is 21.6 Å². The Morgan fingerprint density at radius 3 is 2.68 bits per heavy atom. The Bertz CT molecular complexity index is 884. The highest BCUT2D eigenvalue weighted by molar-refractivity contribution is 7.89. The van der Waals surface area contributed by atoms with E-state index in [-0.39, 0.29) is 17.7 Å². The maximum atomic E-state index is 12.8. The van der Waals surface area contributed by atoms with Crippen LogP contribution < -0.4 is 0 Å². The smallest absolute Gasteiger partial charge is 0.257 e. The van der Waals surface area contributed by atoms with Crippen molar-refractivity contribution in [3.05, 3.63) is 29.7 Å². The molecule has 9 heteroatoms. The zero-order chi connectivity index (χ0) is 18.2. The SMILES string of the molecule is CCS(=O)(=O)N(C)C1CCN(C(=O)c2cnc3ccnn3c2C)CC1. The summed E-state index contributed by atoms with van der Waals surface area (Å²) in [6.45, 7) is 4.56. The Labute approximate surface area is 147 Å². The fraction of sp³-hybridized carbons (Fsp3) is 0.562. The third-order valence-electron chi connectivity index (χ3n) is 4.96. The number of rotatable bonds is 4. The first-order chi connectivity index (χ1) is 11.8. The van der Waals surface area contributed by atoms with Crippen molar-refractivity contribution in [2.75, 3.05) is 25.9 Å². The highest BCUT2D eigenvalue weighted by Crippen LogP contribution is 2.21. The van der Waals surface area contributed by atoms with Crippen LogP contribution in [0.2, 0.25) is 0 Å². The van der Waals surface area contributed by atoms with Crippen LogP contribution in [0, 0.1) is 6.92 Å². The number of aromatic nitrogens is 3. The van der Waals surface area contributed by atoms with Gasteiger partial charge in [0.15, 0.2) is 5.65 Å². The summed E-state index contributed by atoms with van der Waals surface area (Å²) in [6.07, 6.45) is 4.52. The van der Waals surface area contributed by atoms with Gasteiger partial charge in [-0.3, -0.25) is 4.79 Å². The van der Waals surface area contributed by atoms with Crippen LogP contribution in [0.4, 0.5) is 0 Å². The normalized spacial score (nSPS) is 16.7. The van der Waals surface area contributed by atoms with Crippen molar-refractivity contribution in [3.8, 4) is 0 Å². The van der Waals surface area contributed by atoms with Crippen molar-refractivity contribution in [2.24, 2.45) is 0 Å². The summed E-state index contributed by atoms with van der Waals surface area (Å²) in [5.41, 5.74) is 2.00. The fourth-order valence-electron chi connectivity index (χ4n) is 3.23. The van der Waals surface area contributed by atoms with Crippen LogP contribution in [0.1, 0.15) is 35.8 Å². The van der Waals surface area contributed by atoms with E-state index >= 15 is 0 Å². The predicted octanol–water partition coefficient (Wildman–Crippen LogP) is 0.924. The Hall–Kier alpha value is -2.00. The Kier molecular flexibility index (Phi) is 4.79. The van der Waals surface area contributed by atoms with E-state index in [1.165, 1.54) is 4.31 Å². The van der Waals surface area contributed by atoms with E-state index in [0.717, 1.165) is 5.69 Å². The third kappa shape index (κ3) is 3.25. The number of fused-ring (bicyclic) bond motifs is 1. The number of likely N-dealkylation sites (tertiary alicyclic amines) is 1. The quantitative estimate of drug-likeness (QED) is 0.804. The Balaban J connectivity index is 1.72. The average Bonchev–Trinajstić information content (AvgIpc) is 3.10. The molecule has 1 amide bonds. The number of hydrogen-bond acceptors (Lipinski definition) is 5. The topological polar surface area (TPSA) is 87.9 Å². The Morgan fingerprint density at radius 1 is 1.36 bits per heavy atom. The zero-order valence-corrected chi connectivity index (χ0v) is 15.5. The van der Waals surface area contributed by atoms with Crippen LogP contribution in [0.3, 0.4) is 0 Å². The van der Waals surface area contributed by atoms with Gasteiger partial charge in [0, 0.05) is 38.4 Å². The lowest BCUT2D eigenvalue weighted by Gasteiger charge is -2.36. The minimum atomic E-state index is -3.20. The molecular weight excluding hydrogens is 342 g/mol. The summed E-state index contributed by atoms with van der Waals surface area (Å²) in [4.78, 5) is 18.9. The van der Waals surface area contributed by atoms with Crippen molar-refractivity contribution in [2.45, 2.75) is 32.7 Å². The molecule has 2 aromatic heterocycles. The monoisotopic (exact) mass is 365 g/mol. The summed E-state index contributed by atoms with van der Waals surface area (Å²) in [5.74, 6) is 0.0130. The van der Waals surface area contributed by atoms with Crippen molar-refractivity contribution < 1.29 is 13.2 Å². The van der Waals surface area contributed by atoms with Gasteiger partial charge in [0.25, 0.3) is 5.91 Å². The molecule has 1 aliphatic rings. The van der Waals surface area contributed by atoms with E-state index in [1.54, 1.807) is 41.8 Å². The largest absolute Gasteiger partial charge is 0.338 e. The molecule has 0 unspecified atom stereocenters. The lowest BCUT2D eigenvalue weighted by Crippen LogP contribution is -2.47. The summed E-state index contributed by atoms with van der Waals surface area (Å²) in [6, 6.07) is 1.73. The van der Waals surface area contributed by atoms with E-state index in [1.807, 2.05) is 6.92 Å². The summed E-state index contributed by atoms with van der Waals surface area (Å²) in [5, 5.41) is 4.19. The van der Waals surface area contributed by atoms with Gasteiger partial charge in [-0.2, -0.15) is 5.10 Å². The number of sulfonamides is 1. The molecule has 2 aromatic rings.